The molecular formula is C23H22N6OS2. The number of hydrogen-bond acceptors (Lipinski definition) is 7. The molecule has 1 amide bonds. The lowest BCUT2D eigenvalue weighted by atomic mass is 10.1. The van der Waals surface area contributed by atoms with Crippen LogP contribution >= 0.6 is 23.1 Å². The van der Waals surface area contributed by atoms with E-state index in [2.05, 4.69) is 54.6 Å². The third-order valence-corrected chi connectivity index (χ3v) is 7.21. The van der Waals surface area contributed by atoms with Gasteiger partial charge in [0.1, 0.15) is 6.33 Å². The first-order valence-electron chi connectivity index (χ1n) is 10.4. The smallest absolute Gasteiger partial charge is 0.257 e. The minimum Gasteiger partial charge on any atom is -0.298 e. The number of H-pyrrole nitrogens is 1. The van der Waals surface area contributed by atoms with Crippen LogP contribution in [0.3, 0.4) is 0 Å². The van der Waals surface area contributed by atoms with E-state index in [1.54, 1.807) is 23.1 Å². The molecule has 2 N–H and O–H groups in total. The summed E-state index contributed by atoms with van der Waals surface area (Å²) >= 11 is 3.15. The summed E-state index contributed by atoms with van der Waals surface area (Å²) in [6.07, 6.45) is 2.40. The van der Waals surface area contributed by atoms with Gasteiger partial charge < -0.3 is 0 Å². The van der Waals surface area contributed by atoms with Gasteiger partial charge in [0, 0.05) is 42.2 Å². The van der Waals surface area contributed by atoms with Gasteiger partial charge in [0.15, 0.2) is 10.3 Å². The number of carbonyl (C=O) groups is 1. The van der Waals surface area contributed by atoms with Gasteiger partial charge in [-0.25, -0.2) is 9.97 Å². The molecular weight excluding hydrogens is 440 g/mol. The van der Waals surface area contributed by atoms with Crippen molar-refractivity contribution in [1.82, 2.24) is 25.1 Å². The van der Waals surface area contributed by atoms with Gasteiger partial charge in [-0.1, -0.05) is 54.2 Å². The van der Waals surface area contributed by atoms with Gasteiger partial charge in [-0.3, -0.25) is 20.1 Å². The highest BCUT2D eigenvalue weighted by atomic mass is 32.2. The molecule has 1 aliphatic heterocycles. The lowest BCUT2D eigenvalue weighted by molar-refractivity contribution is 0.102. The Bertz CT molecular complexity index is 1180. The number of carbonyl (C=O) groups excluding carboxylic acids is 1. The molecule has 0 fully saturated rings. The largest absolute Gasteiger partial charge is 0.298 e. The molecule has 0 saturated heterocycles. The predicted octanol–water partition coefficient (Wildman–Crippen LogP) is 4.36. The molecule has 4 aromatic rings. The van der Waals surface area contributed by atoms with Gasteiger partial charge in [0.2, 0.25) is 0 Å². The van der Waals surface area contributed by atoms with Gasteiger partial charge in [0.05, 0.1) is 5.69 Å². The zero-order chi connectivity index (χ0) is 21.8. The summed E-state index contributed by atoms with van der Waals surface area (Å²) < 4.78 is 0. The standard InChI is InChI=1S/C23H22N6OS2/c30-21(18-8-6-17(7-9-18)14-31-22-24-15-25-28-22)27-23-26-19-10-11-29(13-20(19)32-23)12-16-4-2-1-3-5-16/h1-9,15H,10-14H2,(H,24,25,28)(H,26,27,30). The van der Waals surface area contributed by atoms with Crippen molar-refractivity contribution in [1.29, 1.82) is 0 Å². The predicted molar refractivity (Wildman–Crippen MR) is 127 cm³/mol. The van der Waals surface area contributed by atoms with Gasteiger partial charge >= 0.3 is 0 Å². The molecule has 0 unspecified atom stereocenters. The van der Waals surface area contributed by atoms with Crippen molar-refractivity contribution in [3.63, 3.8) is 0 Å². The molecule has 1 aliphatic rings. The minimum atomic E-state index is -0.133. The highest BCUT2D eigenvalue weighted by Gasteiger charge is 2.21. The number of amides is 1. The number of nitrogens with one attached hydrogen (secondary N) is 2. The Labute approximate surface area is 194 Å². The molecule has 0 bridgehead atoms. The zero-order valence-electron chi connectivity index (χ0n) is 17.3. The molecule has 9 heteroatoms. The van der Waals surface area contributed by atoms with Crippen molar-refractivity contribution in [2.45, 2.75) is 30.4 Å². The van der Waals surface area contributed by atoms with Crippen LogP contribution in [-0.2, 0) is 25.3 Å². The molecule has 0 aliphatic carbocycles. The van der Waals surface area contributed by atoms with Crippen LogP contribution in [0.2, 0.25) is 0 Å². The van der Waals surface area contributed by atoms with E-state index in [0.29, 0.717) is 10.7 Å². The second-order valence-corrected chi connectivity index (χ2v) is 9.61. The fourth-order valence-electron chi connectivity index (χ4n) is 3.62. The Morgan fingerprint density at radius 1 is 1.12 bits per heavy atom. The highest BCUT2D eigenvalue weighted by Crippen LogP contribution is 2.29. The zero-order valence-corrected chi connectivity index (χ0v) is 19.0. The van der Waals surface area contributed by atoms with Crippen LogP contribution < -0.4 is 5.32 Å². The number of benzene rings is 2. The van der Waals surface area contributed by atoms with Gasteiger partial charge in [-0.2, -0.15) is 5.10 Å². The number of anilines is 1. The first kappa shape index (κ1) is 20.9. The molecule has 162 valence electrons. The molecule has 0 atom stereocenters. The Morgan fingerprint density at radius 3 is 2.75 bits per heavy atom. The van der Waals surface area contributed by atoms with Crippen LogP contribution in [0.15, 0.2) is 66.1 Å². The highest BCUT2D eigenvalue weighted by molar-refractivity contribution is 7.98. The fraction of sp³-hybridized carbons (Fsp3) is 0.217. The molecule has 5 rings (SSSR count). The maximum Gasteiger partial charge on any atom is 0.257 e. The summed E-state index contributed by atoms with van der Waals surface area (Å²) in [4.78, 5) is 25.1. The minimum absolute atomic E-state index is 0.133. The second-order valence-electron chi connectivity index (χ2n) is 7.57. The number of nitrogens with zero attached hydrogens (tertiary/aromatic N) is 4. The van der Waals surface area contributed by atoms with E-state index < -0.39 is 0 Å². The number of aromatic nitrogens is 4. The summed E-state index contributed by atoms with van der Waals surface area (Å²) in [5, 5.41) is 11.1. The normalized spacial score (nSPS) is 13.6. The summed E-state index contributed by atoms with van der Waals surface area (Å²) in [7, 11) is 0. The molecule has 0 radical (unpaired) electrons. The molecule has 0 saturated carbocycles. The third kappa shape index (κ3) is 5.07. The molecule has 32 heavy (non-hydrogen) atoms. The fourth-order valence-corrected chi connectivity index (χ4v) is 5.40. The van der Waals surface area contributed by atoms with Crippen molar-refractivity contribution in [3.05, 3.63) is 88.2 Å². The first-order chi connectivity index (χ1) is 15.7. The molecule has 2 aromatic heterocycles. The van der Waals surface area contributed by atoms with Crippen molar-refractivity contribution < 1.29 is 4.79 Å². The Kier molecular flexibility index (Phi) is 6.29. The van der Waals surface area contributed by atoms with E-state index in [-0.39, 0.29) is 5.91 Å². The van der Waals surface area contributed by atoms with Gasteiger partial charge in [-0.15, -0.1) is 11.3 Å². The molecule has 7 nitrogen and oxygen atoms in total. The Hall–Kier alpha value is -3.01. The van der Waals surface area contributed by atoms with Crippen LogP contribution in [0.1, 0.15) is 32.1 Å². The van der Waals surface area contributed by atoms with Crippen LogP contribution in [0, 0.1) is 0 Å². The summed E-state index contributed by atoms with van der Waals surface area (Å²) in [5.41, 5.74) is 4.16. The number of rotatable bonds is 7. The number of thioether (sulfide) groups is 1. The lowest BCUT2D eigenvalue weighted by Gasteiger charge is -2.25. The maximum atomic E-state index is 12.7. The topological polar surface area (TPSA) is 86.8 Å². The SMILES string of the molecule is O=C(Nc1nc2c(s1)CN(Cc1ccccc1)CC2)c1ccc(CSc2ncn[nH]2)cc1. The number of aromatic amines is 1. The first-order valence-corrected chi connectivity index (χ1v) is 12.2. The third-order valence-electron chi connectivity index (χ3n) is 5.26. The van der Waals surface area contributed by atoms with Gasteiger partial charge in [-0.05, 0) is 23.3 Å². The Morgan fingerprint density at radius 2 is 1.97 bits per heavy atom. The van der Waals surface area contributed by atoms with Gasteiger partial charge in [0.25, 0.3) is 5.91 Å². The summed E-state index contributed by atoms with van der Waals surface area (Å²) in [6, 6.07) is 18.1. The van der Waals surface area contributed by atoms with E-state index in [1.165, 1.54) is 16.8 Å². The maximum absolute atomic E-state index is 12.7. The van der Waals surface area contributed by atoms with Crippen molar-refractivity contribution >= 4 is 34.1 Å². The monoisotopic (exact) mass is 462 g/mol. The van der Waals surface area contributed by atoms with E-state index in [1.807, 2.05) is 30.3 Å². The van der Waals surface area contributed by atoms with E-state index in [9.17, 15) is 4.79 Å². The van der Waals surface area contributed by atoms with Crippen molar-refractivity contribution in [2.24, 2.45) is 0 Å². The summed E-state index contributed by atoms with van der Waals surface area (Å²) in [5.74, 6) is 0.627. The summed E-state index contributed by atoms with van der Waals surface area (Å²) in [6.45, 7) is 2.78. The second kappa shape index (κ2) is 9.64. The van der Waals surface area contributed by atoms with Crippen LogP contribution in [0.25, 0.3) is 0 Å². The number of fused-ring (bicyclic) bond motifs is 1. The average Bonchev–Trinajstić information content (AvgIpc) is 3.48. The quantitative estimate of drug-likeness (QED) is 0.397. The van der Waals surface area contributed by atoms with Crippen LogP contribution in [-0.4, -0.2) is 37.5 Å². The van der Waals surface area contributed by atoms with E-state index >= 15 is 0 Å². The number of hydrogen-bond donors (Lipinski definition) is 2. The lowest BCUT2D eigenvalue weighted by Crippen LogP contribution is -2.29. The molecule has 3 heterocycles. The van der Waals surface area contributed by atoms with E-state index in [4.69, 9.17) is 0 Å². The van der Waals surface area contributed by atoms with Crippen molar-refractivity contribution in [2.75, 3.05) is 11.9 Å². The van der Waals surface area contributed by atoms with E-state index in [0.717, 1.165) is 48.2 Å². The molecule has 0 spiro atoms. The van der Waals surface area contributed by atoms with Crippen LogP contribution in [0.4, 0.5) is 5.13 Å². The Balaban J connectivity index is 1.17. The average molecular weight is 463 g/mol. The van der Waals surface area contributed by atoms with Crippen molar-refractivity contribution in [3.8, 4) is 0 Å². The molecule has 2 aromatic carbocycles. The van der Waals surface area contributed by atoms with Crippen LogP contribution in [0.5, 0.6) is 0 Å². The number of thiazole rings is 1.